The zero-order valence-electron chi connectivity index (χ0n) is 40.6. The molecule has 10 rings (SSSR count). The van der Waals surface area contributed by atoms with E-state index in [0.29, 0.717) is 39.5 Å². The highest BCUT2D eigenvalue weighted by molar-refractivity contribution is 6.16. The number of ether oxygens (including phenoxy) is 4. The monoisotopic (exact) mass is 930 g/mol. The van der Waals surface area contributed by atoms with E-state index in [9.17, 15) is 14.4 Å². The van der Waals surface area contributed by atoms with Crippen molar-refractivity contribution >= 4 is 45.5 Å². The van der Waals surface area contributed by atoms with Gasteiger partial charge in [-0.15, -0.1) is 0 Å². The lowest BCUT2D eigenvalue weighted by molar-refractivity contribution is -0.140. The standard InChI is InChI=1S/C63H62O7/c1-4-5-8-15-42-22-24-43(25-23-42)44-26-28-46(29-27-44)60(64)68-50-33-30-45(31-34-50)52-20-13-14-21-54(52)61(65)69-51-35-37-53-47(40-51)32-36-55-57(53)41(2)58(62(66)67-3)56-38-39-63(70-59(55)56,48-16-9-6-10-17-48)49-18-11-7-12-19-49/h6-7,9-14,16-21,30-40,42-44,46H,4-5,8,15,22-29H2,1-3H3. The van der Waals surface area contributed by atoms with Gasteiger partial charge in [-0.05, 0) is 145 Å². The Kier molecular flexibility index (Phi) is 13.7. The van der Waals surface area contributed by atoms with Gasteiger partial charge in [0, 0.05) is 22.1 Å². The number of hydrogen-bond acceptors (Lipinski definition) is 7. The highest BCUT2D eigenvalue weighted by Gasteiger charge is 2.40. The molecule has 0 unspecified atom stereocenters. The number of methoxy groups -OCH3 is 1. The van der Waals surface area contributed by atoms with Crippen molar-refractivity contribution in [1.82, 2.24) is 0 Å². The Labute approximate surface area is 411 Å². The third kappa shape index (κ3) is 9.26. The van der Waals surface area contributed by atoms with Crippen molar-refractivity contribution in [1.29, 1.82) is 0 Å². The first-order chi connectivity index (χ1) is 34.2. The second kappa shape index (κ2) is 20.5. The predicted octanol–water partition coefficient (Wildman–Crippen LogP) is 15.4. The van der Waals surface area contributed by atoms with Crippen molar-refractivity contribution in [2.24, 2.45) is 23.7 Å². The Morgan fingerprint density at radius 1 is 0.643 bits per heavy atom. The van der Waals surface area contributed by atoms with E-state index in [4.69, 9.17) is 18.9 Å². The fourth-order valence-electron chi connectivity index (χ4n) is 11.9. The van der Waals surface area contributed by atoms with Gasteiger partial charge in [0.2, 0.25) is 0 Å². The van der Waals surface area contributed by atoms with Crippen molar-refractivity contribution in [2.45, 2.75) is 96.5 Å². The summed E-state index contributed by atoms with van der Waals surface area (Å²) in [5.74, 6) is 2.77. The van der Waals surface area contributed by atoms with Crippen LogP contribution in [-0.2, 0) is 15.1 Å². The van der Waals surface area contributed by atoms with Crippen LogP contribution in [-0.4, -0.2) is 25.0 Å². The molecule has 0 amide bonds. The summed E-state index contributed by atoms with van der Waals surface area (Å²) in [7, 11) is 1.39. The summed E-state index contributed by atoms with van der Waals surface area (Å²) in [4.78, 5) is 41.0. The van der Waals surface area contributed by atoms with Crippen LogP contribution in [0.25, 0.3) is 38.7 Å². The summed E-state index contributed by atoms with van der Waals surface area (Å²) in [6, 6.07) is 44.5. The molecule has 2 aliphatic carbocycles. The van der Waals surface area contributed by atoms with Gasteiger partial charge < -0.3 is 18.9 Å². The third-order valence-electron chi connectivity index (χ3n) is 15.7. The molecule has 7 aromatic carbocycles. The van der Waals surface area contributed by atoms with Gasteiger partial charge in [0.05, 0.1) is 24.2 Å². The SMILES string of the molecule is CCCCCC1CCC(C2CCC(C(=O)Oc3ccc(-c4ccccc4C(=O)Oc4ccc5c(ccc6c7c(c(C(=O)OC)c(C)c65)C=CC(c5ccccc5)(c5ccccc5)O7)c4)cc3)CC2)CC1. The van der Waals surface area contributed by atoms with Crippen molar-refractivity contribution in [3.05, 3.63) is 179 Å². The van der Waals surface area contributed by atoms with Gasteiger partial charge in [0.15, 0.2) is 5.60 Å². The average Bonchev–Trinajstić information content (AvgIpc) is 3.41. The zero-order valence-corrected chi connectivity index (χ0v) is 40.6. The molecule has 0 N–H and O–H groups in total. The molecule has 356 valence electrons. The van der Waals surface area contributed by atoms with Crippen molar-refractivity contribution in [3.63, 3.8) is 0 Å². The molecule has 7 aromatic rings. The Morgan fingerprint density at radius 3 is 1.94 bits per heavy atom. The van der Waals surface area contributed by atoms with E-state index >= 15 is 0 Å². The molecule has 1 aliphatic heterocycles. The van der Waals surface area contributed by atoms with Gasteiger partial charge >= 0.3 is 17.9 Å². The maximum atomic E-state index is 14.0. The first kappa shape index (κ1) is 46.7. The van der Waals surface area contributed by atoms with Crippen LogP contribution in [0.3, 0.4) is 0 Å². The van der Waals surface area contributed by atoms with Crippen LogP contribution in [0.15, 0.2) is 146 Å². The Balaban J connectivity index is 0.847. The molecule has 0 atom stereocenters. The smallest absolute Gasteiger partial charge is 0.344 e. The van der Waals surface area contributed by atoms with Crippen molar-refractivity contribution in [2.75, 3.05) is 7.11 Å². The molecule has 70 heavy (non-hydrogen) atoms. The van der Waals surface area contributed by atoms with Gasteiger partial charge in [0.25, 0.3) is 0 Å². The van der Waals surface area contributed by atoms with Crippen LogP contribution in [0.1, 0.15) is 127 Å². The van der Waals surface area contributed by atoms with Crippen LogP contribution in [0.2, 0.25) is 0 Å². The second-order valence-electron chi connectivity index (χ2n) is 19.8. The summed E-state index contributed by atoms with van der Waals surface area (Å²) >= 11 is 0. The Morgan fingerprint density at radius 2 is 1.27 bits per heavy atom. The van der Waals surface area contributed by atoms with E-state index in [1.54, 1.807) is 12.1 Å². The van der Waals surface area contributed by atoms with Crippen LogP contribution in [0.4, 0.5) is 0 Å². The molecule has 2 saturated carbocycles. The normalized spacial score (nSPS) is 19.5. The van der Waals surface area contributed by atoms with Crippen LogP contribution >= 0.6 is 0 Å². The van der Waals surface area contributed by atoms with Crippen molar-refractivity contribution in [3.8, 4) is 28.4 Å². The molecule has 0 radical (unpaired) electrons. The molecule has 7 nitrogen and oxygen atoms in total. The van der Waals surface area contributed by atoms with Gasteiger partial charge in [-0.1, -0.05) is 149 Å². The number of benzene rings is 7. The van der Waals surface area contributed by atoms with Crippen molar-refractivity contribution < 1.29 is 33.3 Å². The first-order valence-electron chi connectivity index (χ1n) is 25.5. The van der Waals surface area contributed by atoms with E-state index in [-0.39, 0.29) is 11.9 Å². The molecule has 7 heteroatoms. The average molecular weight is 931 g/mol. The minimum atomic E-state index is -0.964. The number of carbonyl (C=O) groups is 3. The van der Waals surface area contributed by atoms with Gasteiger partial charge in [0.1, 0.15) is 17.2 Å². The van der Waals surface area contributed by atoms with E-state index in [1.807, 2.05) is 122 Å². The lowest BCUT2D eigenvalue weighted by Gasteiger charge is -2.37. The second-order valence-corrected chi connectivity index (χ2v) is 19.8. The molecule has 1 heterocycles. The Bertz CT molecular complexity index is 3010. The molecule has 0 saturated heterocycles. The van der Waals surface area contributed by atoms with Crippen LogP contribution in [0.5, 0.6) is 17.2 Å². The molecule has 2 fully saturated rings. The molecule has 0 bridgehead atoms. The maximum absolute atomic E-state index is 14.0. The number of unbranched alkanes of at least 4 members (excludes halogenated alkanes) is 2. The highest BCUT2D eigenvalue weighted by atomic mass is 16.5. The number of aryl methyl sites for hydroxylation is 1. The largest absolute Gasteiger partial charge is 0.472 e. The minimum Gasteiger partial charge on any atom is -0.472 e. The third-order valence-corrected chi connectivity index (χ3v) is 15.7. The lowest BCUT2D eigenvalue weighted by atomic mass is 9.68. The lowest BCUT2D eigenvalue weighted by Crippen LogP contribution is -2.34. The van der Waals surface area contributed by atoms with E-state index in [2.05, 4.69) is 31.2 Å². The predicted molar refractivity (Wildman–Crippen MR) is 278 cm³/mol. The van der Waals surface area contributed by atoms with Gasteiger partial charge in [-0.2, -0.15) is 0 Å². The van der Waals surface area contributed by atoms with E-state index in [1.165, 1.54) is 58.5 Å². The molecule has 0 spiro atoms. The fraction of sp³-hybridized carbons (Fsp3) is 0.317. The summed E-state index contributed by atoms with van der Waals surface area (Å²) in [5, 5.41) is 3.37. The molecule has 0 aromatic heterocycles. The maximum Gasteiger partial charge on any atom is 0.344 e. The summed E-state index contributed by atoms with van der Waals surface area (Å²) in [6.07, 6.45) is 19.0. The van der Waals surface area contributed by atoms with Gasteiger partial charge in [-0.25, -0.2) is 9.59 Å². The molecular weight excluding hydrogens is 869 g/mol. The molecule has 3 aliphatic rings. The van der Waals surface area contributed by atoms with Crippen LogP contribution in [0, 0.1) is 30.6 Å². The van der Waals surface area contributed by atoms with E-state index in [0.717, 1.165) is 87.2 Å². The first-order valence-corrected chi connectivity index (χ1v) is 25.5. The number of carbonyl (C=O) groups excluding carboxylic acids is 3. The summed E-state index contributed by atoms with van der Waals surface area (Å²) in [6.45, 7) is 4.22. The number of rotatable bonds is 13. The zero-order chi connectivity index (χ0) is 48.2. The number of fused-ring (bicyclic) bond motifs is 5. The number of esters is 3. The molecular formula is C63H62O7. The Hall–Kier alpha value is -6.99. The topological polar surface area (TPSA) is 88.1 Å². The highest BCUT2D eigenvalue weighted by Crippen LogP contribution is 2.49. The van der Waals surface area contributed by atoms with Gasteiger partial charge in [-0.3, -0.25) is 4.79 Å². The number of hydrogen-bond donors (Lipinski definition) is 0. The fourth-order valence-corrected chi connectivity index (χ4v) is 11.9. The quantitative estimate of drug-likeness (QED) is 0.0492. The summed E-state index contributed by atoms with van der Waals surface area (Å²) < 4.78 is 24.6. The minimum absolute atomic E-state index is 0.0659. The summed E-state index contributed by atoms with van der Waals surface area (Å²) in [5.41, 5.74) is 4.70. The van der Waals surface area contributed by atoms with Crippen LogP contribution < -0.4 is 14.2 Å². The van der Waals surface area contributed by atoms with E-state index < -0.39 is 17.5 Å².